The van der Waals surface area contributed by atoms with Crippen LogP contribution in [0.15, 0.2) is 128 Å². The van der Waals surface area contributed by atoms with Gasteiger partial charge in [0.2, 0.25) is 5.78 Å². The Morgan fingerprint density at radius 2 is 1.08 bits per heavy atom. The third kappa shape index (κ3) is 3.93. The van der Waals surface area contributed by atoms with E-state index < -0.39 is 0 Å². The standard InChI is InChI=1S/C32H21N5/c1-2-4-24(5-3-1)29-12-17-37-31-7-6-25(21-30(31)36-32(37)35-29)28-19-26(22-8-13-33-14-9-22)18-27(20-28)23-10-15-34-16-11-23/h1-21H. The van der Waals surface area contributed by atoms with Crippen LogP contribution in [-0.2, 0) is 0 Å². The van der Waals surface area contributed by atoms with Crippen LogP contribution in [0.4, 0.5) is 0 Å². The molecular formula is C32H21N5. The Hall–Kier alpha value is -5.16. The first-order valence-corrected chi connectivity index (χ1v) is 12.1. The van der Waals surface area contributed by atoms with E-state index in [1.165, 1.54) is 0 Å². The fourth-order valence-electron chi connectivity index (χ4n) is 4.77. The maximum atomic E-state index is 4.88. The highest BCUT2D eigenvalue weighted by Gasteiger charge is 2.12. The lowest BCUT2D eigenvalue weighted by molar-refractivity contribution is 1.14. The Balaban J connectivity index is 1.37. The lowest BCUT2D eigenvalue weighted by atomic mass is 9.94. The van der Waals surface area contributed by atoms with Gasteiger partial charge in [-0.15, -0.1) is 0 Å². The van der Waals surface area contributed by atoms with Crippen LogP contribution in [0.3, 0.4) is 0 Å². The molecule has 3 aromatic carbocycles. The van der Waals surface area contributed by atoms with E-state index in [0.29, 0.717) is 5.78 Å². The van der Waals surface area contributed by atoms with Crippen molar-refractivity contribution in [2.75, 3.05) is 0 Å². The molecule has 0 radical (unpaired) electrons. The molecule has 0 amide bonds. The molecule has 0 saturated heterocycles. The number of benzene rings is 3. The minimum Gasteiger partial charge on any atom is -0.284 e. The van der Waals surface area contributed by atoms with Crippen LogP contribution in [0.1, 0.15) is 0 Å². The molecule has 4 aromatic heterocycles. The number of hydrogen-bond acceptors (Lipinski definition) is 4. The molecule has 174 valence electrons. The van der Waals surface area contributed by atoms with Crippen molar-refractivity contribution in [3.05, 3.63) is 128 Å². The summed E-state index contributed by atoms with van der Waals surface area (Å²) in [5.41, 5.74) is 10.7. The summed E-state index contributed by atoms with van der Waals surface area (Å²) in [5, 5.41) is 0. The molecule has 0 N–H and O–H groups in total. The molecule has 0 aliphatic carbocycles. The monoisotopic (exact) mass is 475 g/mol. The van der Waals surface area contributed by atoms with Crippen molar-refractivity contribution in [3.8, 4) is 44.6 Å². The summed E-state index contributed by atoms with van der Waals surface area (Å²) in [4.78, 5) is 18.1. The zero-order valence-corrected chi connectivity index (χ0v) is 19.9. The zero-order chi connectivity index (χ0) is 24.6. The first kappa shape index (κ1) is 21.1. The third-order valence-electron chi connectivity index (χ3n) is 6.64. The number of aromatic nitrogens is 5. The molecule has 0 spiro atoms. The van der Waals surface area contributed by atoms with Gasteiger partial charge in [-0.1, -0.05) is 36.4 Å². The van der Waals surface area contributed by atoms with Crippen LogP contribution < -0.4 is 0 Å². The molecule has 0 atom stereocenters. The lowest BCUT2D eigenvalue weighted by Gasteiger charge is -2.11. The van der Waals surface area contributed by atoms with Gasteiger partial charge in [-0.05, 0) is 94.0 Å². The second-order valence-corrected chi connectivity index (χ2v) is 8.93. The highest BCUT2D eigenvalue weighted by atomic mass is 15.1. The highest BCUT2D eigenvalue weighted by Crippen LogP contribution is 2.34. The molecule has 7 rings (SSSR count). The topological polar surface area (TPSA) is 56.0 Å². The van der Waals surface area contributed by atoms with E-state index in [-0.39, 0.29) is 0 Å². The van der Waals surface area contributed by atoms with Crippen molar-refractivity contribution in [2.24, 2.45) is 0 Å². The summed E-state index contributed by atoms with van der Waals surface area (Å²) in [6.07, 6.45) is 9.35. The zero-order valence-electron chi connectivity index (χ0n) is 19.9. The van der Waals surface area contributed by atoms with Crippen LogP contribution in [0.5, 0.6) is 0 Å². The van der Waals surface area contributed by atoms with Gasteiger partial charge in [0.1, 0.15) is 0 Å². The van der Waals surface area contributed by atoms with Crippen molar-refractivity contribution in [1.82, 2.24) is 24.3 Å². The van der Waals surface area contributed by atoms with Gasteiger partial charge in [0.05, 0.1) is 16.7 Å². The summed E-state index contributed by atoms with van der Waals surface area (Å²) in [6, 6.07) is 33.5. The van der Waals surface area contributed by atoms with E-state index >= 15 is 0 Å². The second-order valence-electron chi connectivity index (χ2n) is 8.93. The fourth-order valence-corrected chi connectivity index (χ4v) is 4.77. The summed E-state index contributed by atoms with van der Waals surface area (Å²) >= 11 is 0. The second kappa shape index (κ2) is 8.81. The lowest BCUT2D eigenvalue weighted by Crippen LogP contribution is -1.91. The fraction of sp³-hybridized carbons (Fsp3) is 0. The normalized spacial score (nSPS) is 11.2. The van der Waals surface area contributed by atoms with Crippen molar-refractivity contribution in [2.45, 2.75) is 0 Å². The summed E-state index contributed by atoms with van der Waals surface area (Å²) < 4.78 is 2.04. The molecule has 7 aromatic rings. The number of fused-ring (bicyclic) bond motifs is 3. The van der Waals surface area contributed by atoms with Gasteiger partial charge >= 0.3 is 0 Å². The minimum absolute atomic E-state index is 0.691. The van der Waals surface area contributed by atoms with Crippen LogP contribution in [0.2, 0.25) is 0 Å². The smallest absolute Gasteiger partial charge is 0.235 e. The van der Waals surface area contributed by atoms with E-state index in [1.807, 2.05) is 83.9 Å². The first-order chi connectivity index (χ1) is 18.3. The van der Waals surface area contributed by atoms with Crippen molar-refractivity contribution in [3.63, 3.8) is 0 Å². The van der Waals surface area contributed by atoms with Gasteiger partial charge in [0.15, 0.2) is 0 Å². The minimum atomic E-state index is 0.691. The SMILES string of the molecule is c1ccc(-c2ccn3c(n2)nc2cc(-c4cc(-c5ccncc5)cc(-c5ccncc5)c4)ccc23)cc1. The van der Waals surface area contributed by atoms with Crippen LogP contribution in [-0.4, -0.2) is 24.3 Å². The largest absolute Gasteiger partial charge is 0.284 e. The van der Waals surface area contributed by atoms with Crippen molar-refractivity contribution in [1.29, 1.82) is 0 Å². The first-order valence-electron chi connectivity index (χ1n) is 12.1. The van der Waals surface area contributed by atoms with Crippen LogP contribution in [0.25, 0.3) is 61.4 Å². The molecule has 5 nitrogen and oxygen atoms in total. The molecular weight excluding hydrogens is 454 g/mol. The summed E-state index contributed by atoms with van der Waals surface area (Å²) in [5.74, 6) is 0.691. The summed E-state index contributed by atoms with van der Waals surface area (Å²) in [7, 11) is 0. The van der Waals surface area contributed by atoms with Gasteiger partial charge in [-0.25, -0.2) is 9.97 Å². The number of rotatable bonds is 4. The third-order valence-corrected chi connectivity index (χ3v) is 6.64. The molecule has 0 aliphatic rings. The molecule has 4 heterocycles. The van der Waals surface area contributed by atoms with Gasteiger partial charge in [-0.3, -0.25) is 14.4 Å². The number of hydrogen-bond donors (Lipinski definition) is 0. The Labute approximate surface area is 213 Å². The molecule has 37 heavy (non-hydrogen) atoms. The van der Waals surface area contributed by atoms with E-state index in [2.05, 4.69) is 58.5 Å². The molecule has 0 bridgehead atoms. The number of pyridine rings is 2. The maximum absolute atomic E-state index is 4.88. The van der Waals surface area contributed by atoms with E-state index in [4.69, 9.17) is 9.97 Å². The van der Waals surface area contributed by atoms with Crippen LogP contribution >= 0.6 is 0 Å². The number of nitrogens with zero attached hydrogens (tertiary/aromatic N) is 5. The predicted octanol–water partition coefficient (Wildman–Crippen LogP) is 7.34. The predicted molar refractivity (Wildman–Crippen MR) is 148 cm³/mol. The van der Waals surface area contributed by atoms with Gasteiger partial charge in [0, 0.05) is 36.5 Å². The average Bonchev–Trinajstić information content (AvgIpc) is 3.35. The van der Waals surface area contributed by atoms with E-state index in [9.17, 15) is 0 Å². The Bertz CT molecular complexity index is 1800. The molecule has 0 saturated carbocycles. The Morgan fingerprint density at radius 1 is 0.459 bits per heavy atom. The van der Waals surface area contributed by atoms with Crippen LogP contribution in [0, 0.1) is 0 Å². The van der Waals surface area contributed by atoms with E-state index in [1.54, 1.807) is 0 Å². The van der Waals surface area contributed by atoms with Gasteiger partial charge < -0.3 is 0 Å². The number of imidazole rings is 1. The molecule has 0 fully saturated rings. The van der Waals surface area contributed by atoms with Crippen molar-refractivity contribution >= 4 is 16.8 Å². The summed E-state index contributed by atoms with van der Waals surface area (Å²) in [6.45, 7) is 0. The Morgan fingerprint density at radius 3 is 1.73 bits per heavy atom. The average molecular weight is 476 g/mol. The quantitative estimate of drug-likeness (QED) is 0.267. The molecule has 0 aliphatic heterocycles. The highest BCUT2D eigenvalue weighted by molar-refractivity contribution is 5.88. The van der Waals surface area contributed by atoms with E-state index in [0.717, 1.165) is 55.7 Å². The van der Waals surface area contributed by atoms with Gasteiger partial charge in [-0.2, -0.15) is 0 Å². The molecule has 0 unspecified atom stereocenters. The van der Waals surface area contributed by atoms with Gasteiger partial charge in [0.25, 0.3) is 0 Å². The maximum Gasteiger partial charge on any atom is 0.235 e. The van der Waals surface area contributed by atoms with Crippen molar-refractivity contribution < 1.29 is 0 Å². The molecule has 5 heteroatoms. The Kier molecular flexibility index (Phi) is 5.03.